The number of benzene rings is 2. The maximum Gasteiger partial charge on any atom is 0.255 e. The van der Waals surface area contributed by atoms with Gasteiger partial charge < -0.3 is 11.1 Å². The van der Waals surface area contributed by atoms with E-state index in [0.29, 0.717) is 16.3 Å². The fourth-order valence-electron chi connectivity index (χ4n) is 1.91. The minimum Gasteiger partial charge on any atom is -0.398 e. The molecule has 0 unspecified atom stereocenters. The van der Waals surface area contributed by atoms with Crippen LogP contribution >= 0.6 is 27.5 Å². The molecule has 0 fully saturated rings. The summed E-state index contributed by atoms with van der Waals surface area (Å²) in [5.41, 5.74) is 9.45. The number of halogens is 2. The van der Waals surface area contributed by atoms with E-state index in [9.17, 15) is 4.79 Å². The first-order valence-corrected chi connectivity index (χ1v) is 7.18. The topological polar surface area (TPSA) is 55.1 Å². The average molecular weight is 354 g/mol. The molecule has 1 amide bonds. The molecule has 2 rings (SSSR count). The standard InChI is InChI=1S/C15H14BrClN2O/c1-8-5-11(6-9(2)14(8)16)19-15(20)10-3-4-12(17)13(18)7-10/h3-7H,18H2,1-2H3,(H,19,20). The lowest BCUT2D eigenvalue weighted by molar-refractivity contribution is 0.102. The van der Waals surface area contributed by atoms with Crippen LogP contribution in [0.5, 0.6) is 0 Å². The summed E-state index contributed by atoms with van der Waals surface area (Å²) in [5.74, 6) is -0.213. The molecule has 0 aliphatic rings. The second-order valence-electron chi connectivity index (χ2n) is 4.61. The molecule has 104 valence electrons. The van der Waals surface area contributed by atoms with Gasteiger partial charge in [-0.1, -0.05) is 27.5 Å². The van der Waals surface area contributed by atoms with Crippen molar-refractivity contribution in [2.75, 3.05) is 11.1 Å². The minimum atomic E-state index is -0.213. The van der Waals surface area contributed by atoms with E-state index in [-0.39, 0.29) is 5.91 Å². The molecular formula is C15H14BrClN2O. The van der Waals surface area contributed by atoms with Crippen molar-refractivity contribution in [2.45, 2.75) is 13.8 Å². The van der Waals surface area contributed by atoms with Gasteiger partial charge in [0.1, 0.15) is 0 Å². The van der Waals surface area contributed by atoms with Crippen molar-refractivity contribution in [3.05, 3.63) is 56.5 Å². The van der Waals surface area contributed by atoms with Gasteiger partial charge in [-0.15, -0.1) is 0 Å². The normalized spacial score (nSPS) is 10.4. The van der Waals surface area contributed by atoms with Crippen LogP contribution in [0.1, 0.15) is 21.5 Å². The van der Waals surface area contributed by atoms with E-state index in [0.717, 1.165) is 21.3 Å². The Labute approximate surface area is 131 Å². The van der Waals surface area contributed by atoms with Crippen LogP contribution in [-0.2, 0) is 0 Å². The lowest BCUT2D eigenvalue weighted by Crippen LogP contribution is -2.12. The second-order valence-corrected chi connectivity index (χ2v) is 5.81. The van der Waals surface area contributed by atoms with E-state index < -0.39 is 0 Å². The quantitative estimate of drug-likeness (QED) is 0.778. The Kier molecular flexibility index (Phi) is 4.35. The van der Waals surface area contributed by atoms with E-state index >= 15 is 0 Å². The van der Waals surface area contributed by atoms with Crippen molar-refractivity contribution in [3.8, 4) is 0 Å². The molecule has 0 atom stereocenters. The van der Waals surface area contributed by atoms with Crippen molar-refractivity contribution < 1.29 is 4.79 Å². The molecule has 0 bridgehead atoms. The minimum absolute atomic E-state index is 0.213. The number of rotatable bonds is 2. The Morgan fingerprint density at radius 3 is 2.35 bits per heavy atom. The van der Waals surface area contributed by atoms with Crippen LogP contribution < -0.4 is 11.1 Å². The highest BCUT2D eigenvalue weighted by atomic mass is 79.9. The Morgan fingerprint density at radius 1 is 1.20 bits per heavy atom. The molecular weight excluding hydrogens is 340 g/mol. The van der Waals surface area contributed by atoms with Gasteiger partial charge in [0, 0.05) is 15.7 Å². The van der Waals surface area contributed by atoms with Crippen molar-refractivity contribution in [1.29, 1.82) is 0 Å². The molecule has 0 saturated heterocycles. The van der Waals surface area contributed by atoms with Gasteiger partial charge in [0.2, 0.25) is 0 Å². The molecule has 3 N–H and O–H groups in total. The number of hydrogen-bond acceptors (Lipinski definition) is 2. The molecule has 2 aromatic rings. The lowest BCUT2D eigenvalue weighted by Gasteiger charge is -2.10. The molecule has 0 aliphatic carbocycles. The largest absolute Gasteiger partial charge is 0.398 e. The summed E-state index contributed by atoms with van der Waals surface area (Å²) in [7, 11) is 0. The summed E-state index contributed by atoms with van der Waals surface area (Å²) in [6.45, 7) is 3.96. The molecule has 0 radical (unpaired) electrons. The maximum atomic E-state index is 12.2. The predicted octanol–water partition coefficient (Wildman–Crippen LogP) is 4.55. The number of hydrogen-bond donors (Lipinski definition) is 2. The Morgan fingerprint density at radius 2 is 1.80 bits per heavy atom. The van der Waals surface area contributed by atoms with Crippen molar-refractivity contribution >= 4 is 44.8 Å². The maximum absolute atomic E-state index is 12.2. The third-order valence-corrected chi connectivity index (χ3v) is 4.55. The molecule has 0 saturated carbocycles. The molecule has 0 heterocycles. The van der Waals surface area contributed by atoms with Crippen LogP contribution in [0.2, 0.25) is 5.02 Å². The van der Waals surface area contributed by atoms with Crippen LogP contribution in [0.25, 0.3) is 0 Å². The van der Waals surface area contributed by atoms with E-state index in [1.807, 2.05) is 26.0 Å². The highest BCUT2D eigenvalue weighted by Gasteiger charge is 2.09. The van der Waals surface area contributed by atoms with E-state index in [2.05, 4.69) is 21.2 Å². The third-order valence-electron chi connectivity index (χ3n) is 2.95. The zero-order valence-corrected chi connectivity index (χ0v) is 13.5. The van der Waals surface area contributed by atoms with Crippen molar-refractivity contribution in [3.63, 3.8) is 0 Å². The number of amides is 1. The SMILES string of the molecule is Cc1cc(NC(=O)c2ccc(Cl)c(N)c2)cc(C)c1Br. The van der Waals surface area contributed by atoms with E-state index in [1.54, 1.807) is 18.2 Å². The first-order chi connectivity index (χ1) is 9.38. The fraction of sp³-hybridized carbons (Fsp3) is 0.133. The summed E-state index contributed by atoms with van der Waals surface area (Å²) in [4.78, 5) is 12.2. The summed E-state index contributed by atoms with van der Waals surface area (Å²) in [5, 5.41) is 3.30. The molecule has 2 aromatic carbocycles. The van der Waals surface area contributed by atoms with Gasteiger partial charge in [-0.3, -0.25) is 4.79 Å². The van der Waals surface area contributed by atoms with Crippen LogP contribution in [-0.4, -0.2) is 5.91 Å². The number of anilines is 2. The number of carbonyl (C=O) groups is 1. The number of carbonyl (C=O) groups excluding carboxylic acids is 1. The summed E-state index contributed by atoms with van der Waals surface area (Å²) >= 11 is 9.34. The van der Waals surface area contributed by atoms with Crippen LogP contribution in [0.4, 0.5) is 11.4 Å². The lowest BCUT2D eigenvalue weighted by atomic mass is 10.1. The number of nitrogens with two attached hydrogens (primary N) is 1. The Hall–Kier alpha value is -1.52. The molecule has 0 aromatic heterocycles. The van der Waals surface area contributed by atoms with Gasteiger partial charge in [-0.2, -0.15) is 0 Å². The van der Waals surface area contributed by atoms with Gasteiger partial charge in [0.15, 0.2) is 0 Å². The third kappa shape index (κ3) is 3.14. The molecule has 0 spiro atoms. The Balaban J connectivity index is 2.25. The van der Waals surface area contributed by atoms with Gasteiger partial charge in [-0.25, -0.2) is 0 Å². The zero-order valence-electron chi connectivity index (χ0n) is 11.1. The molecule has 5 heteroatoms. The molecule has 3 nitrogen and oxygen atoms in total. The van der Waals surface area contributed by atoms with Crippen LogP contribution in [0, 0.1) is 13.8 Å². The van der Waals surface area contributed by atoms with Crippen LogP contribution in [0.15, 0.2) is 34.8 Å². The molecule has 20 heavy (non-hydrogen) atoms. The predicted molar refractivity (Wildman–Crippen MR) is 87.4 cm³/mol. The second kappa shape index (κ2) is 5.85. The van der Waals surface area contributed by atoms with Gasteiger partial charge >= 0.3 is 0 Å². The average Bonchev–Trinajstić information content (AvgIpc) is 2.39. The smallest absolute Gasteiger partial charge is 0.255 e. The van der Waals surface area contributed by atoms with E-state index in [4.69, 9.17) is 17.3 Å². The van der Waals surface area contributed by atoms with Crippen molar-refractivity contribution in [1.82, 2.24) is 0 Å². The molecule has 0 aliphatic heterocycles. The van der Waals surface area contributed by atoms with Gasteiger partial charge in [0.25, 0.3) is 5.91 Å². The monoisotopic (exact) mass is 352 g/mol. The number of nitrogens with one attached hydrogen (secondary N) is 1. The van der Waals surface area contributed by atoms with E-state index in [1.165, 1.54) is 0 Å². The van der Waals surface area contributed by atoms with Gasteiger partial charge in [-0.05, 0) is 55.3 Å². The van der Waals surface area contributed by atoms with Crippen molar-refractivity contribution in [2.24, 2.45) is 0 Å². The first kappa shape index (κ1) is 14.9. The zero-order chi connectivity index (χ0) is 14.9. The number of aryl methyl sites for hydroxylation is 2. The van der Waals surface area contributed by atoms with Crippen LogP contribution in [0.3, 0.4) is 0 Å². The highest BCUT2D eigenvalue weighted by Crippen LogP contribution is 2.26. The van der Waals surface area contributed by atoms with Gasteiger partial charge in [0.05, 0.1) is 10.7 Å². The summed E-state index contributed by atoms with van der Waals surface area (Å²) in [6.07, 6.45) is 0. The fourth-order valence-corrected chi connectivity index (χ4v) is 2.25. The number of nitrogen functional groups attached to an aromatic ring is 1. The summed E-state index contributed by atoms with van der Waals surface area (Å²) in [6, 6.07) is 8.65. The first-order valence-electron chi connectivity index (χ1n) is 6.01. The highest BCUT2D eigenvalue weighted by molar-refractivity contribution is 9.10. The Bertz CT molecular complexity index is 663. The summed E-state index contributed by atoms with van der Waals surface area (Å²) < 4.78 is 1.05.